The number of amides is 1. The van der Waals surface area contributed by atoms with Gasteiger partial charge in [-0.15, -0.1) is 0 Å². The average molecular weight is 245 g/mol. The number of carbonyl (C=O) groups excluding carboxylic acids is 1. The van der Waals surface area contributed by atoms with E-state index in [1.54, 1.807) is 0 Å². The van der Waals surface area contributed by atoms with Crippen LogP contribution in [0.15, 0.2) is 0 Å². The molecule has 1 saturated heterocycles. The van der Waals surface area contributed by atoms with Gasteiger partial charge in [0.25, 0.3) is 0 Å². The molecule has 0 radical (unpaired) electrons. The Balaban J connectivity index is 2.60. The van der Waals surface area contributed by atoms with Crippen molar-refractivity contribution >= 4 is 6.09 Å². The van der Waals surface area contributed by atoms with Crippen molar-refractivity contribution < 1.29 is 19.4 Å². The largest absolute Gasteiger partial charge is 0.444 e. The molecule has 1 heterocycles. The molecule has 0 aromatic heterocycles. The minimum atomic E-state index is -0.754. The van der Waals surface area contributed by atoms with Crippen molar-refractivity contribution in [3.05, 3.63) is 0 Å². The molecule has 0 aromatic rings. The second-order valence-electron chi connectivity index (χ2n) is 5.26. The number of carbonyl (C=O) groups is 1. The predicted octanol–water partition coefficient (Wildman–Crippen LogP) is 1.74. The number of aliphatic hydroxyl groups excluding tert-OH is 1. The summed E-state index contributed by atoms with van der Waals surface area (Å²) < 4.78 is 10.6. The van der Waals surface area contributed by atoms with Crippen LogP contribution in [0.4, 0.5) is 4.79 Å². The maximum absolute atomic E-state index is 11.9. The molecule has 1 N–H and O–H groups in total. The van der Waals surface area contributed by atoms with E-state index in [2.05, 4.69) is 0 Å². The van der Waals surface area contributed by atoms with Crippen LogP contribution in [0.1, 0.15) is 40.5 Å². The van der Waals surface area contributed by atoms with E-state index in [4.69, 9.17) is 9.47 Å². The summed E-state index contributed by atoms with van der Waals surface area (Å²) in [5, 5.41) is 9.80. The lowest BCUT2D eigenvalue weighted by Crippen LogP contribution is -2.45. The van der Waals surface area contributed by atoms with E-state index in [0.29, 0.717) is 19.6 Å². The van der Waals surface area contributed by atoms with Crippen LogP contribution in [0.5, 0.6) is 0 Å². The van der Waals surface area contributed by atoms with E-state index >= 15 is 0 Å². The van der Waals surface area contributed by atoms with Crippen molar-refractivity contribution in [2.24, 2.45) is 0 Å². The highest BCUT2D eigenvalue weighted by molar-refractivity contribution is 5.69. The molecule has 0 aliphatic carbocycles. The van der Waals surface area contributed by atoms with Crippen LogP contribution in [0.25, 0.3) is 0 Å². The van der Waals surface area contributed by atoms with Crippen molar-refractivity contribution in [2.45, 2.75) is 58.4 Å². The maximum Gasteiger partial charge on any atom is 0.412 e. The summed E-state index contributed by atoms with van der Waals surface area (Å²) in [5.74, 6) is 0. The summed E-state index contributed by atoms with van der Waals surface area (Å²) in [6, 6.07) is -0.0835. The lowest BCUT2D eigenvalue weighted by molar-refractivity contribution is -0.0354. The van der Waals surface area contributed by atoms with Gasteiger partial charge in [-0.25, -0.2) is 4.79 Å². The van der Waals surface area contributed by atoms with Crippen molar-refractivity contribution in [1.82, 2.24) is 4.90 Å². The summed E-state index contributed by atoms with van der Waals surface area (Å²) in [7, 11) is 0. The Kier molecular flexibility index (Phi) is 4.77. The zero-order chi connectivity index (χ0) is 13.1. The van der Waals surface area contributed by atoms with Crippen LogP contribution in [-0.2, 0) is 9.47 Å². The van der Waals surface area contributed by atoms with Gasteiger partial charge >= 0.3 is 6.09 Å². The Morgan fingerprint density at radius 2 is 2.06 bits per heavy atom. The van der Waals surface area contributed by atoms with E-state index in [9.17, 15) is 9.90 Å². The Bertz CT molecular complexity index is 262. The number of rotatable bonds is 3. The molecule has 1 amide bonds. The van der Waals surface area contributed by atoms with Gasteiger partial charge in [-0.05, 0) is 40.5 Å². The molecule has 0 saturated carbocycles. The first-order chi connectivity index (χ1) is 7.85. The summed E-state index contributed by atoms with van der Waals surface area (Å²) in [6.07, 6.45) is 0.111. The third-order valence-corrected chi connectivity index (χ3v) is 2.59. The second kappa shape index (κ2) is 5.69. The molecule has 100 valence electrons. The molecule has 5 heteroatoms. The number of ether oxygens (including phenoxy) is 2. The quantitative estimate of drug-likeness (QED) is 0.822. The number of aliphatic hydroxyl groups is 1. The Hall–Kier alpha value is -0.810. The minimum absolute atomic E-state index is 0.0835. The van der Waals surface area contributed by atoms with E-state index in [1.165, 1.54) is 4.90 Å². The maximum atomic E-state index is 11.9. The SMILES string of the molecule is CCOC[C@@H]1CCC(O)N1C(=O)OC(C)(C)C. The lowest BCUT2D eigenvalue weighted by atomic mass is 10.2. The van der Waals surface area contributed by atoms with Gasteiger partial charge < -0.3 is 14.6 Å². The number of hydrogen-bond donors (Lipinski definition) is 1. The Morgan fingerprint density at radius 1 is 1.41 bits per heavy atom. The van der Waals surface area contributed by atoms with Crippen molar-refractivity contribution in [2.75, 3.05) is 13.2 Å². The number of hydrogen-bond acceptors (Lipinski definition) is 4. The molecule has 1 aliphatic heterocycles. The molecular weight excluding hydrogens is 222 g/mol. The fraction of sp³-hybridized carbons (Fsp3) is 0.917. The van der Waals surface area contributed by atoms with E-state index < -0.39 is 17.9 Å². The topological polar surface area (TPSA) is 59.0 Å². The normalized spacial score (nSPS) is 25.1. The first kappa shape index (κ1) is 14.3. The molecule has 1 rings (SSSR count). The summed E-state index contributed by atoms with van der Waals surface area (Å²) >= 11 is 0. The van der Waals surface area contributed by atoms with Crippen molar-refractivity contribution in [3.8, 4) is 0 Å². The molecule has 1 fully saturated rings. The molecule has 0 spiro atoms. The zero-order valence-electron chi connectivity index (χ0n) is 11.1. The first-order valence-corrected chi connectivity index (χ1v) is 6.12. The molecular formula is C12H23NO4. The summed E-state index contributed by atoms with van der Waals surface area (Å²) in [4.78, 5) is 13.3. The fourth-order valence-corrected chi connectivity index (χ4v) is 1.87. The Morgan fingerprint density at radius 3 is 2.59 bits per heavy atom. The van der Waals surface area contributed by atoms with Crippen LogP contribution < -0.4 is 0 Å². The van der Waals surface area contributed by atoms with Crippen LogP contribution in [-0.4, -0.2) is 47.2 Å². The minimum Gasteiger partial charge on any atom is -0.444 e. The van der Waals surface area contributed by atoms with Crippen molar-refractivity contribution in [1.29, 1.82) is 0 Å². The Labute approximate surface area is 103 Å². The predicted molar refractivity (Wildman–Crippen MR) is 63.6 cm³/mol. The van der Waals surface area contributed by atoms with Gasteiger partial charge in [-0.1, -0.05) is 0 Å². The number of likely N-dealkylation sites (tertiary alicyclic amines) is 1. The van der Waals surface area contributed by atoms with E-state index in [1.807, 2.05) is 27.7 Å². The smallest absolute Gasteiger partial charge is 0.412 e. The first-order valence-electron chi connectivity index (χ1n) is 6.12. The molecule has 0 aromatic carbocycles. The van der Waals surface area contributed by atoms with Gasteiger partial charge in [-0.3, -0.25) is 4.90 Å². The molecule has 1 unspecified atom stereocenters. The second-order valence-corrected chi connectivity index (χ2v) is 5.26. The van der Waals surface area contributed by atoms with Crippen LogP contribution in [0, 0.1) is 0 Å². The van der Waals surface area contributed by atoms with Gasteiger partial charge in [0.1, 0.15) is 11.8 Å². The van der Waals surface area contributed by atoms with Crippen LogP contribution >= 0.6 is 0 Å². The van der Waals surface area contributed by atoms with Gasteiger partial charge in [0.05, 0.1) is 12.6 Å². The molecule has 2 atom stereocenters. The third-order valence-electron chi connectivity index (χ3n) is 2.59. The highest BCUT2D eigenvalue weighted by Crippen LogP contribution is 2.25. The van der Waals surface area contributed by atoms with Gasteiger partial charge in [-0.2, -0.15) is 0 Å². The van der Waals surface area contributed by atoms with E-state index in [-0.39, 0.29) is 6.04 Å². The number of nitrogens with zero attached hydrogens (tertiary/aromatic N) is 1. The highest BCUT2D eigenvalue weighted by atomic mass is 16.6. The van der Waals surface area contributed by atoms with Crippen LogP contribution in [0.3, 0.4) is 0 Å². The zero-order valence-corrected chi connectivity index (χ0v) is 11.1. The fourth-order valence-electron chi connectivity index (χ4n) is 1.87. The van der Waals surface area contributed by atoms with Gasteiger partial charge in [0.2, 0.25) is 0 Å². The molecule has 0 bridgehead atoms. The van der Waals surface area contributed by atoms with Crippen LogP contribution in [0.2, 0.25) is 0 Å². The lowest BCUT2D eigenvalue weighted by Gasteiger charge is -2.30. The van der Waals surface area contributed by atoms with E-state index in [0.717, 1.165) is 6.42 Å². The van der Waals surface area contributed by atoms with Gasteiger partial charge in [0, 0.05) is 6.61 Å². The summed E-state index contributed by atoms with van der Waals surface area (Å²) in [5.41, 5.74) is -0.546. The average Bonchev–Trinajstić information content (AvgIpc) is 2.54. The monoisotopic (exact) mass is 245 g/mol. The van der Waals surface area contributed by atoms with Crippen molar-refractivity contribution in [3.63, 3.8) is 0 Å². The third kappa shape index (κ3) is 4.16. The van der Waals surface area contributed by atoms with Gasteiger partial charge in [0.15, 0.2) is 0 Å². The molecule has 17 heavy (non-hydrogen) atoms. The summed E-state index contributed by atoms with van der Waals surface area (Å²) in [6.45, 7) is 8.39. The molecule has 5 nitrogen and oxygen atoms in total. The highest BCUT2D eigenvalue weighted by Gasteiger charge is 2.38. The standard InChI is InChI=1S/C12H23NO4/c1-5-16-8-9-6-7-10(14)13(9)11(15)17-12(2,3)4/h9-10,14H,5-8H2,1-4H3/t9-,10?/m0/s1. The molecule has 1 aliphatic rings.